The van der Waals surface area contributed by atoms with Gasteiger partial charge in [0.25, 0.3) is 0 Å². The minimum Gasteiger partial charge on any atom is -0.359 e. The summed E-state index contributed by atoms with van der Waals surface area (Å²) in [5.74, 6) is 1.11. The van der Waals surface area contributed by atoms with Crippen LogP contribution >= 0.6 is 0 Å². The highest BCUT2D eigenvalue weighted by Crippen LogP contribution is 2.26. The molecular weight excluding hydrogens is 276 g/mol. The van der Waals surface area contributed by atoms with Crippen LogP contribution in [-0.2, 0) is 11.3 Å². The first-order valence-electron chi connectivity index (χ1n) is 7.82. The fourth-order valence-electron chi connectivity index (χ4n) is 3.14. The van der Waals surface area contributed by atoms with Crippen LogP contribution in [0.1, 0.15) is 25.0 Å². The molecule has 0 spiro atoms. The SMILES string of the molecule is CNC(=O)C1CCCC1NCc1cnc(-c2ccccc2)[nH]1. The van der Waals surface area contributed by atoms with Crippen molar-refractivity contribution >= 4 is 5.91 Å². The van der Waals surface area contributed by atoms with Gasteiger partial charge in [0.2, 0.25) is 5.91 Å². The van der Waals surface area contributed by atoms with E-state index in [2.05, 4.69) is 20.6 Å². The van der Waals surface area contributed by atoms with Crippen molar-refractivity contribution in [1.82, 2.24) is 20.6 Å². The molecule has 5 nitrogen and oxygen atoms in total. The lowest BCUT2D eigenvalue weighted by atomic mass is 10.0. The van der Waals surface area contributed by atoms with Crippen molar-refractivity contribution in [1.29, 1.82) is 0 Å². The van der Waals surface area contributed by atoms with Crippen LogP contribution in [0.2, 0.25) is 0 Å². The van der Waals surface area contributed by atoms with Crippen LogP contribution in [-0.4, -0.2) is 29.0 Å². The lowest BCUT2D eigenvalue weighted by Gasteiger charge is -2.19. The van der Waals surface area contributed by atoms with Gasteiger partial charge in [-0.2, -0.15) is 0 Å². The van der Waals surface area contributed by atoms with Crippen molar-refractivity contribution in [2.75, 3.05) is 7.05 Å². The maximum Gasteiger partial charge on any atom is 0.224 e. The Bertz CT molecular complexity index is 623. The molecule has 1 aliphatic carbocycles. The maximum absolute atomic E-state index is 11.9. The number of benzene rings is 1. The van der Waals surface area contributed by atoms with Gasteiger partial charge in [0.05, 0.1) is 5.92 Å². The zero-order chi connectivity index (χ0) is 15.4. The van der Waals surface area contributed by atoms with Gasteiger partial charge in [-0.1, -0.05) is 36.8 Å². The van der Waals surface area contributed by atoms with Gasteiger partial charge in [0.1, 0.15) is 5.82 Å². The zero-order valence-electron chi connectivity index (χ0n) is 12.8. The summed E-state index contributed by atoms with van der Waals surface area (Å²) in [4.78, 5) is 19.6. The number of hydrogen-bond acceptors (Lipinski definition) is 3. The fraction of sp³-hybridized carbons (Fsp3) is 0.412. The summed E-state index contributed by atoms with van der Waals surface area (Å²) in [6.45, 7) is 0.706. The van der Waals surface area contributed by atoms with Crippen molar-refractivity contribution in [2.24, 2.45) is 5.92 Å². The van der Waals surface area contributed by atoms with Crippen LogP contribution in [0.4, 0.5) is 0 Å². The minimum absolute atomic E-state index is 0.0847. The molecule has 2 aromatic rings. The first kappa shape index (κ1) is 14.8. The number of hydrogen-bond donors (Lipinski definition) is 3. The number of aromatic amines is 1. The molecule has 0 bridgehead atoms. The predicted octanol–water partition coefficient (Wildman–Crippen LogP) is 2.08. The van der Waals surface area contributed by atoms with Gasteiger partial charge in [-0.25, -0.2) is 4.98 Å². The second-order valence-corrected chi connectivity index (χ2v) is 5.76. The van der Waals surface area contributed by atoms with Crippen molar-refractivity contribution in [2.45, 2.75) is 31.8 Å². The van der Waals surface area contributed by atoms with Crippen LogP contribution in [0, 0.1) is 5.92 Å². The van der Waals surface area contributed by atoms with Crippen LogP contribution in [0.5, 0.6) is 0 Å². The molecule has 3 N–H and O–H groups in total. The number of imidazole rings is 1. The minimum atomic E-state index is 0.0847. The molecule has 1 saturated carbocycles. The lowest BCUT2D eigenvalue weighted by molar-refractivity contribution is -0.124. The number of nitrogens with zero attached hydrogens (tertiary/aromatic N) is 1. The average molecular weight is 298 g/mol. The van der Waals surface area contributed by atoms with E-state index in [0.717, 1.165) is 36.3 Å². The Morgan fingerprint density at radius 3 is 2.91 bits per heavy atom. The van der Waals surface area contributed by atoms with E-state index in [1.54, 1.807) is 7.05 Å². The van der Waals surface area contributed by atoms with E-state index in [0.29, 0.717) is 6.54 Å². The quantitative estimate of drug-likeness (QED) is 0.791. The number of H-pyrrole nitrogens is 1. The third-order valence-electron chi connectivity index (χ3n) is 4.33. The largest absolute Gasteiger partial charge is 0.359 e. The first-order chi connectivity index (χ1) is 10.8. The Hall–Kier alpha value is -2.14. The van der Waals surface area contributed by atoms with E-state index >= 15 is 0 Å². The number of carbonyl (C=O) groups excluding carboxylic acids is 1. The Morgan fingerprint density at radius 1 is 1.32 bits per heavy atom. The van der Waals surface area contributed by atoms with Crippen LogP contribution in [0.15, 0.2) is 36.5 Å². The molecule has 1 amide bonds. The van der Waals surface area contributed by atoms with E-state index in [1.807, 2.05) is 36.5 Å². The highest BCUT2D eigenvalue weighted by molar-refractivity contribution is 5.79. The number of rotatable bonds is 5. The van der Waals surface area contributed by atoms with E-state index in [9.17, 15) is 4.79 Å². The molecule has 1 aromatic carbocycles. The molecule has 1 fully saturated rings. The van der Waals surface area contributed by atoms with Crippen LogP contribution in [0.25, 0.3) is 11.4 Å². The van der Waals surface area contributed by atoms with E-state index < -0.39 is 0 Å². The van der Waals surface area contributed by atoms with Gasteiger partial charge in [-0.05, 0) is 12.8 Å². The number of nitrogens with one attached hydrogen (secondary N) is 3. The lowest BCUT2D eigenvalue weighted by Crippen LogP contribution is -2.40. The second-order valence-electron chi connectivity index (χ2n) is 5.76. The molecule has 5 heteroatoms. The molecule has 22 heavy (non-hydrogen) atoms. The first-order valence-corrected chi connectivity index (χ1v) is 7.82. The summed E-state index contributed by atoms with van der Waals surface area (Å²) in [5.41, 5.74) is 2.12. The number of carbonyl (C=O) groups is 1. The van der Waals surface area contributed by atoms with Gasteiger partial charge in [0.15, 0.2) is 0 Å². The molecule has 3 rings (SSSR count). The van der Waals surface area contributed by atoms with Gasteiger partial charge in [-0.15, -0.1) is 0 Å². The molecular formula is C17H22N4O. The van der Waals surface area contributed by atoms with Crippen molar-refractivity contribution < 1.29 is 4.79 Å². The molecule has 0 radical (unpaired) electrons. The zero-order valence-corrected chi connectivity index (χ0v) is 12.8. The Labute approximate surface area is 130 Å². The molecule has 2 atom stereocenters. The highest BCUT2D eigenvalue weighted by Gasteiger charge is 2.31. The molecule has 1 heterocycles. The summed E-state index contributed by atoms with van der Waals surface area (Å²) in [7, 11) is 1.71. The standard InChI is InChI=1S/C17H22N4O/c1-18-17(22)14-8-5-9-15(14)19-10-13-11-20-16(21-13)12-6-3-2-4-7-12/h2-4,6-7,11,14-15,19H,5,8-10H2,1H3,(H,18,22)(H,20,21). The second kappa shape index (κ2) is 6.75. The van der Waals surface area contributed by atoms with Crippen molar-refractivity contribution in [3.8, 4) is 11.4 Å². The molecule has 116 valence electrons. The third-order valence-corrected chi connectivity index (χ3v) is 4.33. The summed E-state index contributed by atoms with van der Waals surface area (Å²) < 4.78 is 0. The van der Waals surface area contributed by atoms with E-state index in [-0.39, 0.29) is 17.9 Å². The van der Waals surface area contributed by atoms with Crippen LogP contribution < -0.4 is 10.6 Å². The summed E-state index contributed by atoms with van der Waals surface area (Å²) in [6.07, 6.45) is 4.99. The highest BCUT2D eigenvalue weighted by atomic mass is 16.1. The van der Waals surface area contributed by atoms with Gasteiger partial charge in [-0.3, -0.25) is 4.79 Å². The maximum atomic E-state index is 11.9. The van der Waals surface area contributed by atoms with Crippen molar-refractivity contribution in [3.63, 3.8) is 0 Å². The Balaban J connectivity index is 1.60. The third kappa shape index (κ3) is 3.20. The fourth-order valence-corrected chi connectivity index (χ4v) is 3.14. The molecule has 1 aliphatic rings. The molecule has 1 aromatic heterocycles. The molecule has 0 saturated heterocycles. The molecule has 2 unspecified atom stereocenters. The summed E-state index contributed by atoms with van der Waals surface area (Å²) in [5, 5.41) is 6.26. The van der Waals surface area contributed by atoms with E-state index in [1.165, 1.54) is 0 Å². The summed E-state index contributed by atoms with van der Waals surface area (Å²) >= 11 is 0. The van der Waals surface area contributed by atoms with Crippen molar-refractivity contribution in [3.05, 3.63) is 42.2 Å². The normalized spacial score (nSPS) is 21.0. The number of aromatic nitrogens is 2. The summed E-state index contributed by atoms with van der Waals surface area (Å²) in [6, 6.07) is 10.3. The van der Waals surface area contributed by atoms with Gasteiger partial charge < -0.3 is 15.6 Å². The monoisotopic (exact) mass is 298 g/mol. The van der Waals surface area contributed by atoms with Gasteiger partial charge >= 0.3 is 0 Å². The Morgan fingerprint density at radius 2 is 2.14 bits per heavy atom. The average Bonchev–Trinajstić information content (AvgIpc) is 3.22. The van der Waals surface area contributed by atoms with Gasteiger partial charge in [0, 0.05) is 37.1 Å². The number of amides is 1. The van der Waals surface area contributed by atoms with Crippen LogP contribution in [0.3, 0.4) is 0 Å². The topological polar surface area (TPSA) is 69.8 Å². The smallest absolute Gasteiger partial charge is 0.224 e. The molecule has 0 aliphatic heterocycles. The Kier molecular flexibility index (Phi) is 4.53. The van der Waals surface area contributed by atoms with E-state index in [4.69, 9.17) is 0 Å². The predicted molar refractivity (Wildman–Crippen MR) is 86.1 cm³/mol.